The number of hydrogen-bond acceptors (Lipinski definition) is 5. The van der Waals surface area contributed by atoms with Gasteiger partial charge in [-0.3, -0.25) is 0 Å². The fourth-order valence-corrected chi connectivity index (χ4v) is 1.82. The van der Waals surface area contributed by atoms with Gasteiger partial charge in [-0.05, 0) is 29.8 Å². The molecule has 0 aliphatic carbocycles. The second-order valence-corrected chi connectivity index (χ2v) is 4.24. The molecule has 106 valence electrons. The molecule has 0 aliphatic rings. The molecule has 0 aromatic heterocycles. The van der Waals surface area contributed by atoms with Gasteiger partial charge in [0.05, 0.1) is 19.9 Å². The van der Waals surface area contributed by atoms with Crippen LogP contribution in [0, 0.1) is 0 Å². The molecule has 5 heteroatoms. The van der Waals surface area contributed by atoms with E-state index in [0.717, 1.165) is 17.0 Å². The zero-order valence-electron chi connectivity index (χ0n) is 11.4. The van der Waals surface area contributed by atoms with Gasteiger partial charge in [-0.15, -0.1) is 0 Å². The third kappa shape index (κ3) is 3.06. The molecule has 2 rings (SSSR count). The highest BCUT2D eigenvalue weighted by Gasteiger charge is 2.06. The van der Waals surface area contributed by atoms with E-state index in [4.69, 9.17) is 9.47 Å². The van der Waals surface area contributed by atoms with E-state index in [-0.39, 0.29) is 11.5 Å². The predicted octanol–water partition coefficient (Wildman–Crippen LogP) is 2.73. The van der Waals surface area contributed by atoms with Crippen LogP contribution in [0.5, 0.6) is 23.0 Å². The van der Waals surface area contributed by atoms with Gasteiger partial charge in [0.1, 0.15) is 11.5 Å². The molecule has 0 aliphatic heterocycles. The van der Waals surface area contributed by atoms with Gasteiger partial charge >= 0.3 is 0 Å². The van der Waals surface area contributed by atoms with Gasteiger partial charge in [0.25, 0.3) is 0 Å². The SMILES string of the molecule is COc1ccc(NCc2ccc(O)c(O)c2)c(OC)c1. The minimum atomic E-state index is -0.133. The number of aromatic hydroxyl groups is 2. The predicted molar refractivity (Wildman–Crippen MR) is 76.6 cm³/mol. The largest absolute Gasteiger partial charge is 0.504 e. The van der Waals surface area contributed by atoms with Crippen LogP contribution in [0.15, 0.2) is 36.4 Å². The Bertz CT molecular complexity index is 598. The molecule has 0 amide bonds. The summed E-state index contributed by atoms with van der Waals surface area (Å²) in [6.45, 7) is 0.497. The van der Waals surface area contributed by atoms with Gasteiger partial charge in [0.2, 0.25) is 0 Å². The van der Waals surface area contributed by atoms with Gasteiger partial charge in [-0.2, -0.15) is 0 Å². The van der Waals surface area contributed by atoms with Crippen LogP contribution in [0.3, 0.4) is 0 Å². The van der Waals surface area contributed by atoms with Crippen molar-refractivity contribution in [3.8, 4) is 23.0 Å². The van der Waals surface area contributed by atoms with Crippen molar-refractivity contribution in [1.29, 1.82) is 0 Å². The molecular weight excluding hydrogens is 258 g/mol. The molecule has 0 bridgehead atoms. The minimum Gasteiger partial charge on any atom is -0.504 e. The Balaban J connectivity index is 2.12. The first-order valence-corrected chi connectivity index (χ1v) is 6.11. The maximum atomic E-state index is 9.45. The monoisotopic (exact) mass is 275 g/mol. The van der Waals surface area contributed by atoms with E-state index in [1.54, 1.807) is 26.4 Å². The molecule has 0 fully saturated rings. The lowest BCUT2D eigenvalue weighted by Crippen LogP contribution is -2.01. The summed E-state index contributed by atoms with van der Waals surface area (Å²) in [6, 6.07) is 10.2. The van der Waals surface area contributed by atoms with Crippen LogP contribution >= 0.6 is 0 Å². The van der Waals surface area contributed by atoms with Gasteiger partial charge in [-0.1, -0.05) is 6.07 Å². The lowest BCUT2D eigenvalue weighted by atomic mass is 10.2. The normalized spacial score (nSPS) is 10.1. The number of rotatable bonds is 5. The quantitative estimate of drug-likeness (QED) is 0.732. The van der Waals surface area contributed by atoms with Crippen molar-refractivity contribution in [3.63, 3.8) is 0 Å². The fourth-order valence-electron chi connectivity index (χ4n) is 1.82. The highest BCUT2D eigenvalue weighted by atomic mass is 16.5. The highest BCUT2D eigenvalue weighted by molar-refractivity contribution is 5.59. The van der Waals surface area contributed by atoms with Gasteiger partial charge in [0.15, 0.2) is 11.5 Å². The Morgan fingerprint density at radius 3 is 2.40 bits per heavy atom. The van der Waals surface area contributed by atoms with Crippen LogP contribution in [0.2, 0.25) is 0 Å². The van der Waals surface area contributed by atoms with Gasteiger partial charge < -0.3 is 25.0 Å². The lowest BCUT2D eigenvalue weighted by molar-refractivity contribution is 0.395. The maximum Gasteiger partial charge on any atom is 0.157 e. The lowest BCUT2D eigenvalue weighted by Gasteiger charge is -2.12. The smallest absolute Gasteiger partial charge is 0.157 e. The van der Waals surface area contributed by atoms with Crippen LogP contribution in [-0.2, 0) is 6.54 Å². The number of phenols is 2. The molecule has 0 unspecified atom stereocenters. The van der Waals surface area contributed by atoms with Crippen LogP contribution in [0.1, 0.15) is 5.56 Å². The molecule has 2 aromatic rings. The number of phenolic OH excluding ortho intramolecular Hbond substituents is 2. The van der Waals surface area contributed by atoms with E-state index in [2.05, 4.69) is 5.32 Å². The molecular formula is C15H17NO4. The first kappa shape index (κ1) is 13.9. The van der Waals surface area contributed by atoms with Crippen molar-refractivity contribution < 1.29 is 19.7 Å². The summed E-state index contributed by atoms with van der Waals surface area (Å²) in [4.78, 5) is 0. The Morgan fingerprint density at radius 2 is 1.75 bits per heavy atom. The van der Waals surface area contributed by atoms with Crippen LogP contribution < -0.4 is 14.8 Å². The van der Waals surface area contributed by atoms with E-state index in [1.807, 2.05) is 12.1 Å². The zero-order valence-corrected chi connectivity index (χ0v) is 11.4. The molecule has 0 radical (unpaired) electrons. The van der Waals surface area contributed by atoms with E-state index in [0.29, 0.717) is 12.3 Å². The summed E-state index contributed by atoms with van der Waals surface area (Å²) in [7, 11) is 3.19. The van der Waals surface area contributed by atoms with Crippen molar-refractivity contribution in [1.82, 2.24) is 0 Å². The first-order chi connectivity index (χ1) is 9.63. The Morgan fingerprint density at radius 1 is 0.950 bits per heavy atom. The summed E-state index contributed by atoms with van der Waals surface area (Å²) >= 11 is 0. The van der Waals surface area contributed by atoms with Crippen molar-refractivity contribution in [2.75, 3.05) is 19.5 Å². The van der Waals surface area contributed by atoms with Crippen LogP contribution in [0.4, 0.5) is 5.69 Å². The highest BCUT2D eigenvalue weighted by Crippen LogP contribution is 2.30. The molecule has 0 atom stereocenters. The molecule has 20 heavy (non-hydrogen) atoms. The Hall–Kier alpha value is -2.56. The average Bonchev–Trinajstić information content (AvgIpc) is 2.48. The number of anilines is 1. The topological polar surface area (TPSA) is 71.0 Å². The summed E-state index contributed by atoms with van der Waals surface area (Å²) < 4.78 is 10.4. The molecule has 0 heterocycles. The van der Waals surface area contributed by atoms with Crippen molar-refractivity contribution >= 4 is 5.69 Å². The van der Waals surface area contributed by atoms with E-state index in [1.165, 1.54) is 12.1 Å². The average molecular weight is 275 g/mol. The van der Waals surface area contributed by atoms with E-state index >= 15 is 0 Å². The van der Waals surface area contributed by atoms with Gasteiger partial charge in [0, 0.05) is 12.6 Å². The minimum absolute atomic E-state index is 0.129. The summed E-state index contributed by atoms with van der Waals surface area (Å²) in [6.07, 6.45) is 0. The van der Waals surface area contributed by atoms with Crippen molar-refractivity contribution in [3.05, 3.63) is 42.0 Å². The summed E-state index contributed by atoms with van der Waals surface area (Å²) in [5.74, 6) is 1.13. The third-order valence-electron chi connectivity index (χ3n) is 2.93. The third-order valence-corrected chi connectivity index (χ3v) is 2.93. The number of nitrogens with one attached hydrogen (secondary N) is 1. The van der Waals surface area contributed by atoms with Crippen molar-refractivity contribution in [2.45, 2.75) is 6.54 Å². The second kappa shape index (κ2) is 6.06. The van der Waals surface area contributed by atoms with Crippen LogP contribution in [-0.4, -0.2) is 24.4 Å². The molecule has 0 saturated carbocycles. The standard InChI is InChI=1S/C15H17NO4/c1-19-11-4-5-12(15(8-11)20-2)16-9-10-3-6-13(17)14(18)7-10/h3-8,16-18H,9H2,1-2H3. The first-order valence-electron chi connectivity index (χ1n) is 6.11. The maximum absolute atomic E-state index is 9.45. The molecule has 0 saturated heterocycles. The Labute approximate surface area is 117 Å². The molecule has 3 N–H and O–H groups in total. The molecule has 5 nitrogen and oxygen atoms in total. The summed E-state index contributed by atoms with van der Waals surface area (Å²) in [5, 5.41) is 21.9. The van der Waals surface area contributed by atoms with Crippen LogP contribution in [0.25, 0.3) is 0 Å². The number of benzene rings is 2. The summed E-state index contributed by atoms with van der Waals surface area (Å²) in [5.41, 5.74) is 1.67. The fraction of sp³-hybridized carbons (Fsp3) is 0.200. The van der Waals surface area contributed by atoms with E-state index in [9.17, 15) is 10.2 Å². The second-order valence-electron chi connectivity index (χ2n) is 4.24. The van der Waals surface area contributed by atoms with Gasteiger partial charge in [-0.25, -0.2) is 0 Å². The number of hydrogen-bond donors (Lipinski definition) is 3. The number of methoxy groups -OCH3 is 2. The molecule has 0 spiro atoms. The van der Waals surface area contributed by atoms with Crippen molar-refractivity contribution in [2.24, 2.45) is 0 Å². The Kier molecular flexibility index (Phi) is 4.20. The zero-order chi connectivity index (χ0) is 14.5. The number of ether oxygens (including phenoxy) is 2. The van der Waals surface area contributed by atoms with E-state index < -0.39 is 0 Å². The molecule has 2 aromatic carbocycles.